The number of hydrogen-bond donors (Lipinski definition) is 2. The summed E-state index contributed by atoms with van der Waals surface area (Å²) in [5, 5.41) is 7.65. The van der Waals surface area contributed by atoms with Crippen LogP contribution in [0.3, 0.4) is 0 Å². The Balaban J connectivity index is 1.86. The van der Waals surface area contributed by atoms with Crippen molar-refractivity contribution < 1.29 is 0 Å². The lowest BCUT2D eigenvalue weighted by Crippen LogP contribution is -2.18. The first-order valence-corrected chi connectivity index (χ1v) is 6.00. The molecule has 0 saturated carbocycles. The zero-order chi connectivity index (χ0) is 12.4. The number of benzene rings is 1. The molecule has 3 N–H and O–H groups in total. The maximum absolute atomic E-state index is 6.11. The van der Waals surface area contributed by atoms with E-state index in [1.165, 1.54) is 0 Å². The smallest absolute Gasteiger partial charge is 0.150 e. The summed E-state index contributed by atoms with van der Waals surface area (Å²) in [6.07, 6.45) is 4.70. The Labute approximate surface area is 105 Å². The van der Waals surface area contributed by atoms with E-state index in [9.17, 15) is 0 Å². The van der Waals surface area contributed by atoms with Crippen molar-refractivity contribution in [2.75, 3.05) is 17.6 Å². The van der Waals surface area contributed by atoms with Crippen molar-refractivity contribution in [3.63, 3.8) is 0 Å². The Morgan fingerprint density at radius 2 is 2.11 bits per heavy atom. The molecule has 1 aromatic carbocycles. The van der Waals surface area contributed by atoms with Gasteiger partial charge in [-0.3, -0.25) is 4.99 Å². The van der Waals surface area contributed by atoms with E-state index in [0.717, 1.165) is 24.3 Å². The molecule has 1 unspecified atom stereocenters. The number of hydrogen-bond acceptors (Lipinski definition) is 4. The van der Waals surface area contributed by atoms with Crippen LogP contribution in [0, 0.1) is 0 Å². The molecule has 0 amide bonds. The van der Waals surface area contributed by atoms with Crippen LogP contribution >= 0.6 is 0 Å². The molecule has 0 radical (unpaired) electrons. The van der Waals surface area contributed by atoms with Crippen LogP contribution in [0.25, 0.3) is 5.69 Å². The molecule has 0 aliphatic carbocycles. The van der Waals surface area contributed by atoms with Crippen molar-refractivity contribution in [3.8, 4) is 5.69 Å². The highest BCUT2D eigenvalue weighted by Gasteiger charge is 2.14. The molecule has 3 rings (SSSR count). The lowest BCUT2D eigenvalue weighted by molar-refractivity contribution is 0.868. The number of anilines is 2. The average molecular weight is 241 g/mol. The molecule has 18 heavy (non-hydrogen) atoms. The quantitative estimate of drug-likeness (QED) is 0.859. The number of nitrogens with one attached hydrogen (secondary N) is 1. The number of nitrogens with zero attached hydrogens (tertiary/aromatic N) is 3. The minimum atomic E-state index is 0.265. The second-order valence-corrected chi connectivity index (χ2v) is 4.29. The van der Waals surface area contributed by atoms with E-state index in [1.807, 2.05) is 36.5 Å². The van der Waals surface area contributed by atoms with Crippen LogP contribution in [-0.4, -0.2) is 28.6 Å². The second kappa shape index (κ2) is 4.52. The molecule has 5 nitrogen and oxygen atoms in total. The fourth-order valence-electron chi connectivity index (χ4n) is 2.04. The number of rotatable bonds is 3. The highest BCUT2D eigenvalue weighted by Crippen LogP contribution is 2.22. The third-order valence-electron chi connectivity index (χ3n) is 3.00. The first-order chi connectivity index (χ1) is 8.84. The number of para-hydroxylation sites is 1. The predicted octanol–water partition coefficient (Wildman–Crippen LogP) is 1.71. The molecule has 0 fully saturated rings. The second-order valence-electron chi connectivity index (χ2n) is 4.29. The number of nitrogens with two attached hydrogens (primary N) is 1. The van der Waals surface area contributed by atoms with Gasteiger partial charge < -0.3 is 11.1 Å². The summed E-state index contributed by atoms with van der Waals surface area (Å²) in [4.78, 5) is 4.20. The van der Waals surface area contributed by atoms with Gasteiger partial charge in [-0.05, 0) is 18.6 Å². The van der Waals surface area contributed by atoms with Crippen molar-refractivity contribution >= 4 is 17.7 Å². The Hall–Kier alpha value is -2.30. The number of aromatic nitrogens is 2. The third-order valence-corrected chi connectivity index (χ3v) is 3.00. The van der Waals surface area contributed by atoms with Crippen molar-refractivity contribution in [2.24, 2.45) is 4.99 Å². The summed E-state index contributed by atoms with van der Waals surface area (Å²) in [7, 11) is 0. The van der Waals surface area contributed by atoms with Gasteiger partial charge in [0.05, 0.1) is 23.6 Å². The molecule has 0 saturated heterocycles. The van der Waals surface area contributed by atoms with E-state index in [0.29, 0.717) is 5.82 Å². The number of nitrogen functional groups attached to an aromatic ring is 1. The van der Waals surface area contributed by atoms with Gasteiger partial charge in [0.1, 0.15) is 0 Å². The summed E-state index contributed by atoms with van der Waals surface area (Å²) in [6, 6.07) is 10.1. The standard InChI is InChI=1S/C13H15N5/c14-13-12(17-10-6-7-15-8-10)9-16-18(13)11-4-2-1-3-5-11/h1-5,8-10,17H,6-7,14H2. The van der Waals surface area contributed by atoms with E-state index < -0.39 is 0 Å². The SMILES string of the molecule is Nc1c(NC2C=NCC2)cnn1-c1ccccc1. The Morgan fingerprint density at radius 3 is 2.83 bits per heavy atom. The van der Waals surface area contributed by atoms with Crippen molar-refractivity contribution in [1.82, 2.24) is 9.78 Å². The van der Waals surface area contributed by atoms with Crippen LogP contribution < -0.4 is 11.1 Å². The van der Waals surface area contributed by atoms with Crippen molar-refractivity contribution in [1.29, 1.82) is 0 Å². The topological polar surface area (TPSA) is 68.2 Å². The van der Waals surface area contributed by atoms with Gasteiger partial charge in [0.15, 0.2) is 5.82 Å². The molecule has 0 spiro atoms. The fourth-order valence-corrected chi connectivity index (χ4v) is 2.04. The molecule has 5 heteroatoms. The van der Waals surface area contributed by atoms with E-state index in [-0.39, 0.29) is 6.04 Å². The molecule has 92 valence electrons. The summed E-state index contributed by atoms with van der Waals surface area (Å²) in [5.41, 5.74) is 7.93. The van der Waals surface area contributed by atoms with Crippen molar-refractivity contribution in [2.45, 2.75) is 12.5 Å². The minimum Gasteiger partial charge on any atom is -0.382 e. The largest absolute Gasteiger partial charge is 0.382 e. The van der Waals surface area contributed by atoms with Crippen LogP contribution in [0.2, 0.25) is 0 Å². The minimum absolute atomic E-state index is 0.265. The Morgan fingerprint density at radius 1 is 1.28 bits per heavy atom. The van der Waals surface area contributed by atoms with E-state index in [4.69, 9.17) is 5.73 Å². The third kappa shape index (κ3) is 1.95. The van der Waals surface area contributed by atoms with Crippen LogP contribution in [-0.2, 0) is 0 Å². The van der Waals surface area contributed by atoms with Crippen molar-refractivity contribution in [3.05, 3.63) is 36.5 Å². The van der Waals surface area contributed by atoms with Gasteiger partial charge in [0.25, 0.3) is 0 Å². The highest BCUT2D eigenvalue weighted by atomic mass is 15.3. The lowest BCUT2D eigenvalue weighted by atomic mass is 10.2. The lowest BCUT2D eigenvalue weighted by Gasteiger charge is -2.10. The molecule has 0 bridgehead atoms. The van der Waals surface area contributed by atoms with E-state index >= 15 is 0 Å². The molecule has 1 atom stereocenters. The van der Waals surface area contributed by atoms with E-state index in [1.54, 1.807) is 10.9 Å². The van der Waals surface area contributed by atoms with Gasteiger partial charge in [-0.1, -0.05) is 18.2 Å². The fraction of sp³-hybridized carbons (Fsp3) is 0.231. The summed E-state index contributed by atoms with van der Waals surface area (Å²) >= 11 is 0. The first kappa shape index (κ1) is 10.8. The van der Waals surface area contributed by atoms with Gasteiger partial charge in [-0.25, -0.2) is 4.68 Å². The summed E-state index contributed by atoms with van der Waals surface area (Å²) in [5.74, 6) is 0.626. The summed E-state index contributed by atoms with van der Waals surface area (Å²) in [6.45, 7) is 0.879. The molecule has 1 aliphatic rings. The van der Waals surface area contributed by atoms with Crippen LogP contribution in [0.15, 0.2) is 41.5 Å². The summed E-state index contributed by atoms with van der Waals surface area (Å²) < 4.78 is 1.73. The molecule has 1 aromatic heterocycles. The van der Waals surface area contributed by atoms with E-state index in [2.05, 4.69) is 15.4 Å². The zero-order valence-corrected chi connectivity index (χ0v) is 9.95. The zero-order valence-electron chi connectivity index (χ0n) is 9.95. The van der Waals surface area contributed by atoms with Crippen LogP contribution in [0.4, 0.5) is 11.5 Å². The molecular formula is C13H15N5. The van der Waals surface area contributed by atoms with Crippen LogP contribution in [0.1, 0.15) is 6.42 Å². The van der Waals surface area contributed by atoms with Crippen LogP contribution in [0.5, 0.6) is 0 Å². The van der Waals surface area contributed by atoms with Gasteiger partial charge in [-0.2, -0.15) is 5.10 Å². The molecular weight excluding hydrogens is 226 g/mol. The Kier molecular flexibility index (Phi) is 2.72. The Bertz CT molecular complexity index is 558. The number of aliphatic imine (C=N–C) groups is 1. The average Bonchev–Trinajstić information content (AvgIpc) is 3.03. The molecule has 1 aliphatic heterocycles. The maximum Gasteiger partial charge on any atom is 0.150 e. The van der Waals surface area contributed by atoms with Gasteiger partial charge in [-0.15, -0.1) is 0 Å². The normalized spacial score (nSPS) is 18.1. The first-order valence-electron chi connectivity index (χ1n) is 6.00. The van der Waals surface area contributed by atoms with Gasteiger partial charge >= 0.3 is 0 Å². The maximum atomic E-state index is 6.11. The predicted molar refractivity (Wildman–Crippen MR) is 73.4 cm³/mol. The highest BCUT2D eigenvalue weighted by molar-refractivity contribution is 5.74. The molecule has 2 aromatic rings. The van der Waals surface area contributed by atoms with Gasteiger partial charge in [0, 0.05) is 12.8 Å². The van der Waals surface area contributed by atoms with Gasteiger partial charge in [0.2, 0.25) is 0 Å². The monoisotopic (exact) mass is 241 g/mol. The molecule has 2 heterocycles.